The van der Waals surface area contributed by atoms with Gasteiger partial charge in [-0.3, -0.25) is 9.59 Å². The van der Waals surface area contributed by atoms with Crippen molar-refractivity contribution in [1.29, 1.82) is 0 Å². The van der Waals surface area contributed by atoms with Gasteiger partial charge in [0.15, 0.2) is 12.4 Å². The summed E-state index contributed by atoms with van der Waals surface area (Å²) in [5.41, 5.74) is 2.76. The molecule has 7 heteroatoms. The molecule has 2 aromatic carbocycles. The van der Waals surface area contributed by atoms with E-state index in [0.717, 1.165) is 17.7 Å². The highest BCUT2D eigenvalue weighted by molar-refractivity contribution is 6.02. The predicted molar refractivity (Wildman–Crippen MR) is 110 cm³/mol. The number of furan rings is 1. The molecule has 4 rings (SSSR count). The Labute approximate surface area is 173 Å². The van der Waals surface area contributed by atoms with Crippen LogP contribution < -0.4 is 10.2 Å². The second-order valence-corrected chi connectivity index (χ2v) is 7.03. The summed E-state index contributed by atoms with van der Waals surface area (Å²) >= 11 is 0. The summed E-state index contributed by atoms with van der Waals surface area (Å²) in [4.78, 5) is 38.6. The number of esters is 1. The lowest BCUT2D eigenvalue weighted by molar-refractivity contribution is -0.122. The van der Waals surface area contributed by atoms with E-state index in [1.54, 1.807) is 29.2 Å². The maximum absolute atomic E-state index is 12.6. The number of hydrogen-bond acceptors (Lipinski definition) is 5. The van der Waals surface area contributed by atoms with Gasteiger partial charge >= 0.3 is 5.97 Å². The van der Waals surface area contributed by atoms with Crippen molar-refractivity contribution >= 4 is 29.2 Å². The molecule has 7 nitrogen and oxygen atoms in total. The Kier molecular flexibility index (Phi) is 5.34. The van der Waals surface area contributed by atoms with E-state index in [9.17, 15) is 14.4 Å². The van der Waals surface area contributed by atoms with E-state index in [2.05, 4.69) is 5.32 Å². The number of anilines is 2. The first-order valence-corrected chi connectivity index (χ1v) is 9.55. The van der Waals surface area contributed by atoms with Crippen LogP contribution in [0.4, 0.5) is 11.4 Å². The number of carbonyl (C=O) groups excluding carboxylic acids is 3. The standard InChI is InChI=1S/C23H20N2O5/c1-15-13-17-5-2-3-6-19(17)25(15)21(26)14-30-23(28)16-8-10-18(11-9-16)24-22(27)20-7-4-12-29-20/h2-12,15H,13-14H2,1H3,(H,24,27)/t15-/m0/s1. The molecule has 152 valence electrons. The van der Waals surface area contributed by atoms with E-state index in [1.807, 2.05) is 31.2 Å². The summed E-state index contributed by atoms with van der Waals surface area (Å²) in [6.07, 6.45) is 2.19. The Hall–Kier alpha value is -3.87. The molecule has 0 unspecified atom stereocenters. The minimum absolute atomic E-state index is 0.0191. The van der Waals surface area contributed by atoms with Gasteiger partial charge in [-0.15, -0.1) is 0 Å². The lowest BCUT2D eigenvalue weighted by Gasteiger charge is -2.22. The Balaban J connectivity index is 1.34. The molecule has 0 saturated carbocycles. The third-order valence-electron chi connectivity index (χ3n) is 4.93. The van der Waals surface area contributed by atoms with Gasteiger partial charge in [0.25, 0.3) is 11.8 Å². The summed E-state index contributed by atoms with van der Waals surface area (Å²) in [6, 6.07) is 17.1. The summed E-state index contributed by atoms with van der Waals surface area (Å²) in [5.74, 6) is -1.06. The van der Waals surface area contributed by atoms with Gasteiger partial charge in [0.05, 0.1) is 11.8 Å². The molecule has 1 aliphatic heterocycles. The molecule has 1 atom stereocenters. The number of para-hydroxylation sites is 1. The van der Waals surface area contributed by atoms with Crippen LogP contribution in [0.25, 0.3) is 0 Å². The van der Waals surface area contributed by atoms with E-state index in [-0.39, 0.29) is 35.8 Å². The highest BCUT2D eigenvalue weighted by atomic mass is 16.5. The number of amides is 2. The second kappa shape index (κ2) is 8.24. The van der Waals surface area contributed by atoms with Gasteiger partial charge in [-0.25, -0.2) is 4.79 Å². The van der Waals surface area contributed by atoms with Crippen LogP contribution in [0.5, 0.6) is 0 Å². The van der Waals surface area contributed by atoms with Crippen molar-refractivity contribution in [2.24, 2.45) is 0 Å². The number of nitrogens with one attached hydrogen (secondary N) is 1. The van der Waals surface area contributed by atoms with Gasteiger partial charge in [-0.1, -0.05) is 18.2 Å². The maximum Gasteiger partial charge on any atom is 0.338 e. The summed E-state index contributed by atoms with van der Waals surface area (Å²) in [6.45, 7) is 1.63. The number of rotatable bonds is 5. The number of benzene rings is 2. The molecule has 30 heavy (non-hydrogen) atoms. The average Bonchev–Trinajstić information content (AvgIpc) is 3.39. The fourth-order valence-electron chi connectivity index (χ4n) is 3.52. The fraction of sp³-hybridized carbons (Fsp3) is 0.174. The minimum atomic E-state index is -0.604. The molecule has 0 saturated heterocycles. The molecule has 0 aliphatic carbocycles. The normalized spacial score (nSPS) is 14.8. The van der Waals surface area contributed by atoms with Crippen LogP contribution in [0.15, 0.2) is 71.3 Å². The van der Waals surface area contributed by atoms with Crippen LogP contribution in [-0.2, 0) is 16.0 Å². The quantitative estimate of drug-likeness (QED) is 0.656. The maximum atomic E-state index is 12.6. The molecule has 1 aromatic heterocycles. The third-order valence-corrected chi connectivity index (χ3v) is 4.93. The average molecular weight is 404 g/mol. The van der Waals surface area contributed by atoms with Gasteiger partial charge < -0.3 is 19.4 Å². The van der Waals surface area contributed by atoms with Crippen molar-refractivity contribution in [1.82, 2.24) is 0 Å². The van der Waals surface area contributed by atoms with Gasteiger partial charge in [-0.2, -0.15) is 0 Å². The zero-order valence-electron chi connectivity index (χ0n) is 16.3. The molecule has 1 N–H and O–H groups in total. The molecule has 3 aromatic rings. The largest absolute Gasteiger partial charge is 0.459 e. The third kappa shape index (κ3) is 3.96. The monoisotopic (exact) mass is 404 g/mol. The van der Waals surface area contributed by atoms with Gasteiger partial charge in [0.2, 0.25) is 0 Å². The van der Waals surface area contributed by atoms with Gasteiger partial charge in [-0.05, 0) is 61.4 Å². The number of carbonyl (C=O) groups is 3. The van der Waals surface area contributed by atoms with Gasteiger partial charge in [0, 0.05) is 17.4 Å². The second-order valence-electron chi connectivity index (χ2n) is 7.03. The number of fused-ring (bicyclic) bond motifs is 1. The lowest BCUT2D eigenvalue weighted by Crippen LogP contribution is -2.38. The Bertz CT molecular complexity index is 1070. The zero-order valence-corrected chi connectivity index (χ0v) is 16.3. The van der Waals surface area contributed by atoms with E-state index in [0.29, 0.717) is 5.69 Å². The van der Waals surface area contributed by atoms with E-state index < -0.39 is 5.97 Å². The van der Waals surface area contributed by atoms with Crippen molar-refractivity contribution in [3.8, 4) is 0 Å². The molecule has 0 spiro atoms. The number of nitrogens with zero attached hydrogens (tertiary/aromatic N) is 1. The summed E-state index contributed by atoms with van der Waals surface area (Å²) in [7, 11) is 0. The highest BCUT2D eigenvalue weighted by Crippen LogP contribution is 2.31. The molecular formula is C23H20N2O5. The lowest BCUT2D eigenvalue weighted by atomic mass is 10.1. The highest BCUT2D eigenvalue weighted by Gasteiger charge is 2.31. The van der Waals surface area contributed by atoms with Crippen LogP contribution in [-0.4, -0.2) is 30.4 Å². The van der Waals surface area contributed by atoms with Crippen LogP contribution in [0.2, 0.25) is 0 Å². The van der Waals surface area contributed by atoms with E-state index in [4.69, 9.17) is 9.15 Å². The first-order valence-electron chi connectivity index (χ1n) is 9.55. The number of hydrogen-bond donors (Lipinski definition) is 1. The van der Waals surface area contributed by atoms with Crippen LogP contribution >= 0.6 is 0 Å². The van der Waals surface area contributed by atoms with E-state index >= 15 is 0 Å². The van der Waals surface area contributed by atoms with Crippen molar-refractivity contribution in [2.75, 3.05) is 16.8 Å². The molecule has 2 amide bonds. The smallest absolute Gasteiger partial charge is 0.338 e. The SMILES string of the molecule is C[C@H]1Cc2ccccc2N1C(=O)COC(=O)c1ccc(NC(=O)c2ccco2)cc1. The topological polar surface area (TPSA) is 88.9 Å². The van der Waals surface area contributed by atoms with E-state index in [1.165, 1.54) is 18.4 Å². The van der Waals surface area contributed by atoms with Crippen molar-refractivity contribution < 1.29 is 23.5 Å². The predicted octanol–water partition coefficient (Wildman–Crippen LogP) is 3.67. The Morgan fingerprint density at radius 2 is 1.83 bits per heavy atom. The summed E-state index contributed by atoms with van der Waals surface area (Å²) < 4.78 is 10.2. The van der Waals surface area contributed by atoms with Crippen LogP contribution in [0.1, 0.15) is 33.4 Å². The molecular weight excluding hydrogens is 384 g/mol. The summed E-state index contributed by atoms with van der Waals surface area (Å²) in [5, 5.41) is 2.67. The van der Waals surface area contributed by atoms with Crippen molar-refractivity contribution in [3.63, 3.8) is 0 Å². The first kappa shape index (κ1) is 19.4. The van der Waals surface area contributed by atoms with Gasteiger partial charge in [0.1, 0.15) is 0 Å². The van der Waals surface area contributed by atoms with Crippen LogP contribution in [0, 0.1) is 0 Å². The number of ether oxygens (including phenoxy) is 1. The molecule has 2 heterocycles. The first-order chi connectivity index (χ1) is 14.5. The fourth-order valence-corrected chi connectivity index (χ4v) is 3.52. The minimum Gasteiger partial charge on any atom is -0.459 e. The Morgan fingerprint density at radius 1 is 1.07 bits per heavy atom. The van der Waals surface area contributed by atoms with Crippen LogP contribution in [0.3, 0.4) is 0 Å². The molecule has 0 bridgehead atoms. The molecule has 0 fully saturated rings. The van der Waals surface area contributed by atoms with Crippen molar-refractivity contribution in [2.45, 2.75) is 19.4 Å². The van der Waals surface area contributed by atoms with Crippen molar-refractivity contribution in [3.05, 3.63) is 83.8 Å². The zero-order chi connectivity index (χ0) is 21.1. The molecule has 0 radical (unpaired) electrons. The molecule has 1 aliphatic rings. The Morgan fingerprint density at radius 3 is 2.57 bits per heavy atom.